The molecule has 3 nitrogen and oxygen atoms in total. The van der Waals surface area contributed by atoms with Gasteiger partial charge in [0.15, 0.2) is 0 Å². The average molecular weight is 280 g/mol. The highest BCUT2D eigenvalue weighted by Gasteiger charge is 2.31. The Hall–Kier alpha value is -0.570. The van der Waals surface area contributed by atoms with Gasteiger partial charge in [-0.05, 0) is 49.9 Å². The molecule has 0 aromatic carbocycles. The van der Waals surface area contributed by atoms with E-state index in [0.29, 0.717) is 23.9 Å². The van der Waals surface area contributed by atoms with E-state index in [1.807, 2.05) is 4.90 Å². The van der Waals surface area contributed by atoms with Crippen molar-refractivity contribution in [3.8, 4) is 0 Å². The van der Waals surface area contributed by atoms with Crippen molar-refractivity contribution in [3.05, 3.63) is 0 Å². The molecule has 3 heteroatoms. The normalized spacial score (nSPS) is 27.9. The highest BCUT2D eigenvalue weighted by molar-refractivity contribution is 5.78. The van der Waals surface area contributed by atoms with Crippen molar-refractivity contribution in [2.24, 2.45) is 11.3 Å². The molecule has 1 amide bonds. The maximum atomic E-state index is 12.0. The van der Waals surface area contributed by atoms with Crippen molar-refractivity contribution in [2.45, 2.75) is 71.8 Å². The van der Waals surface area contributed by atoms with Gasteiger partial charge in [0.25, 0.3) is 0 Å². The lowest BCUT2D eigenvalue weighted by Crippen LogP contribution is -2.42. The third-order valence-electron chi connectivity index (χ3n) is 5.74. The minimum atomic E-state index is 0.304. The molecular formula is C17H32N2O. The molecule has 0 unspecified atom stereocenters. The molecule has 2 aliphatic rings. The first-order chi connectivity index (χ1) is 9.53. The monoisotopic (exact) mass is 280 g/mol. The molecule has 2 fully saturated rings. The van der Waals surface area contributed by atoms with Gasteiger partial charge in [-0.1, -0.05) is 27.2 Å². The maximum absolute atomic E-state index is 12.0. The molecule has 0 aromatic rings. The molecular weight excluding hydrogens is 248 g/mol. The number of hydrogen-bond donors (Lipinski definition) is 1. The van der Waals surface area contributed by atoms with Crippen LogP contribution in [0.5, 0.6) is 0 Å². The van der Waals surface area contributed by atoms with Crippen LogP contribution in [0, 0.1) is 11.3 Å². The minimum absolute atomic E-state index is 0.304. The second-order valence-electron chi connectivity index (χ2n) is 7.36. The highest BCUT2D eigenvalue weighted by atomic mass is 16.2. The third-order valence-corrected chi connectivity index (χ3v) is 5.74. The van der Waals surface area contributed by atoms with Gasteiger partial charge in [0.1, 0.15) is 0 Å². The molecule has 2 rings (SSSR count). The second kappa shape index (κ2) is 6.93. The summed E-state index contributed by atoms with van der Waals surface area (Å²) in [5.74, 6) is 1.17. The van der Waals surface area contributed by atoms with Gasteiger partial charge in [-0.3, -0.25) is 4.79 Å². The standard InChI is InChI=1S/C17H32N2O/c1-4-17(2,3)14-7-9-15(10-8-14)18-13-16(20)19-11-5-6-12-19/h14-15,18H,4-13H2,1-3H3. The van der Waals surface area contributed by atoms with E-state index in [2.05, 4.69) is 26.1 Å². The molecule has 1 aliphatic carbocycles. The molecule has 1 N–H and O–H groups in total. The summed E-state index contributed by atoms with van der Waals surface area (Å²) in [6.45, 7) is 9.60. The molecule has 116 valence electrons. The Morgan fingerprint density at radius 1 is 1.15 bits per heavy atom. The van der Waals surface area contributed by atoms with Crippen molar-refractivity contribution in [3.63, 3.8) is 0 Å². The molecule has 1 heterocycles. The first-order valence-corrected chi connectivity index (χ1v) is 8.54. The van der Waals surface area contributed by atoms with Gasteiger partial charge in [0, 0.05) is 19.1 Å². The number of carbonyl (C=O) groups excluding carboxylic acids is 1. The topological polar surface area (TPSA) is 32.3 Å². The van der Waals surface area contributed by atoms with Crippen LogP contribution < -0.4 is 5.32 Å². The van der Waals surface area contributed by atoms with Crippen molar-refractivity contribution in [2.75, 3.05) is 19.6 Å². The predicted molar refractivity (Wildman–Crippen MR) is 83.6 cm³/mol. The summed E-state index contributed by atoms with van der Waals surface area (Å²) in [6, 6.07) is 0.561. The van der Waals surface area contributed by atoms with Crippen LogP contribution in [-0.2, 0) is 4.79 Å². The van der Waals surface area contributed by atoms with Gasteiger partial charge < -0.3 is 10.2 Å². The van der Waals surface area contributed by atoms with Crippen molar-refractivity contribution >= 4 is 5.91 Å². The number of rotatable bonds is 5. The molecule has 0 bridgehead atoms. The zero-order valence-corrected chi connectivity index (χ0v) is 13.6. The molecule has 0 atom stereocenters. The van der Waals surface area contributed by atoms with Crippen molar-refractivity contribution in [1.29, 1.82) is 0 Å². The molecule has 1 saturated carbocycles. The van der Waals surface area contributed by atoms with Crippen molar-refractivity contribution < 1.29 is 4.79 Å². The fraction of sp³-hybridized carbons (Fsp3) is 0.941. The van der Waals surface area contributed by atoms with Gasteiger partial charge in [0.05, 0.1) is 6.54 Å². The van der Waals surface area contributed by atoms with E-state index >= 15 is 0 Å². The Labute approximate surface area is 124 Å². The SMILES string of the molecule is CCC(C)(C)C1CCC(NCC(=O)N2CCCC2)CC1. The molecule has 20 heavy (non-hydrogen) atoms. The van der Waals surface area contributed by atoms with E-state index in [9.17, 15) is 4.79 Å². The Balaban J connectivity index is 1.68. The van der Waals surface area contributed by atoms with E-state index in [1.165, 1.54) is 44.9 Å². The summed E-state index contributed by atoms with van der Waals surface area (Å²) in [7, 11) is 0. The number of likely N-dealkylation sites (tertiary alicyclic amines) is 1. The lowest BCUT2D eigenvalue weighted by Gasteiger charge is -2.39. The summed E-state index contributed by atoms with van der Waals surface area (Å²) >= 11 is 0. The molecule has 0 spiro atoms. The summed E-state index contributed by atoms with van der Waals surface area (Å²) in [5.41, 5.74) is 0.482. The predicted octanol–water partition coefficient (Wildman–Crippen LogP) is 3.19. The zero-order chi connectivity index (χ0) is 14.6. The third kappa shape index (κ3) is 3.97. The lowest BCUT2D eigenvalue weighted by atomic mass is 9.69. The Bertz CT molecular complexity index is 313. The van der Waals surface area contributed by atoms with Crippen LogP contribution >= 0.6 is 0 Å². The van der Waals surface area contributed by atoms with Gasteiger partial charge in [-0.25, -0.2) is 0 Å². The fourth-order valence-corrected chi connectivity index (χ4v) is 3.68. The van der Waals surface area contributed by atoms with Gasteiger partial charge in [0.2, 0.25) is 5.91 Å². The highest BCUT2D eigenvalue weighted by Crippen LogP contribution is 2.40. The zero-order valence-electron chi connectivity index (χ0n) is 13.6. The first kappa shape index (κ1) is 15.8. The number of carbonyl (C=O) groups is 1. The van der Waals surface area contributed by atoms with Crippen LogP contribution in [0.4, 0.5) is 0 Å². The van der Waals surface area contributed by atoms with Gasteiger partial charge in [-0.15, -0.1) is 0 Å². The molecule has 1 saturated heterocycles. The lowest BCUT2D eigenvalue weighted by molar-refractivity contribution is -0.129. The minimum Gasteiger partial charge on any atom is -0.342 e. The van der Waals surface area contributed by atoms with E-state index < -0.39 is 0 Å². The number of hydrogen-bond acceptors (Lipinski definition) is 2. The average Bonchev–Trinajstić information content (AvgIpc) is 2.99. The molecule has 0 aromatic heterocycles. The number of nitrogens with zero attached hydrogens (tertiary/aromatic N) is 1. The quantitative estimate of drug-likeness (QED) is 0.839. The van der Waals surface area contributed by atoms with Crippen LogP contribution in [0.1, 0.15) is 65.7 Å². The van der Waals surface area contributed by atoms with Crippen LogP contribution in [-0.4, -0.2) is 36.5 Å². The summed E-state index contributed by atoms with van der Waals surface area (Å²) in [4.78, 5) is 14.0. The van der Waals surface area contributed by atoms with Crippen molar-refractivity contribution in [1.82, 2.24) is 10.2 Å². The van der Waals surface area contributed by atoms with Gasteiger partial charge >= 0.3 is 0 Å². The van der Waals surface area contributed by atoms with Crippen LogP contribution in [0.3, 0.4) is 0 Å². The Morgan fingerprint density at radius 3 is 2.30 bits per heavy atom. The molecule has 0 radical (unpaired) electrons. The van der Waals surface area contributed by atoms with Gasteiger partial charge in [-0.2, -0.15) is 0 Å². The fourth-order valence-electron chi connectivity index (χ4n) is 3.68. The van der Waals surface area contributed by atoms with E-state index in [-0.39, 0.29) is 0 Å². The van der Waals surface area contributed by atoms with Crippen LogP contribution in [0.2, 0.25) is 0 Å². The second-order valence-corrected chi connectivity index (χ2v) is 7.36. The largest absolute Gasteiger partial charge is 0.342 e. The first-order valence-electron chi connectivity index (χ1n) is 8.54. The number of nitrogens with one attached hydrogen (secondary N) is 1. The van der Waals surface area contributed by atoms with E-state index in [0.717, 1.165) is 19.0 Å². The smallest absolute Gasteiger partial charge is 0.236 e. The van der Waals surface area contributed by atoms with E-state index in [1.54, 1.807) is 0 Å². The number of amides is 1. The Kier molecular flexibility index (Phi) is 5.48. The van der Waals surface area contributed by atoms with Crippen LogP contribution in [0.25, 0.3) is 0 Å². The van der Waals surface area contributed by atoms with E-state index in [4.69, 9.17) is 0 Å². The summed E-state index contributed by atoms with van der Waals surface area (Å²) < 4.78 is 0. The summed E-state index contributed by atoms with van der Waals surface area (Å²) in [6.07, 6.45) is 8.74. The van der Waals surface area contributed by atoms with Crippen LogP contribution in [0.15, 0.2) is 0 Å². The summed E-state index contributed by atoms with van der Waals surface area (Å²) in [5, 5.41) is 3.50. The maximum Gasteiger partial charge on any atom is 0.236 e. The Morgan fingerprint density at radius 2 is 1.75 bits per heavy atom. The molecule has 1 aliphatic heterocycles.